The lowest BCUT2D eigenvalue weighted by molar-refractivity contribution is 0.175. The maximum Gasteiger partial charge on any atom is 0.271 e. The SMILES string of the molecule is O=c1c2sccc2ncn1CC(O)CCl. The van der Waals surface area contributed by atoms with E-state index in [-0.39, 0.29) is 18.0 Å². The maximum absolute atomic E-state index is 11.8. The van der Waals surface area contributed by atoms with Gasteiger partial charge < -0.3 is 5.11 Å². The molecule has 0 aliphatic heterocycles. The number of aromatic nitrogens is 2. The predicted octanol–water partition coefficient (Wildman–Crippen LogP) is 1.06. The molecule has 2 heterocycles. The van der Waals surface area contributed by atoms with Gasteiger partial charge in [-0.15, -0.1) is 22.9 Å². The highest BCUT2D eigenvalue weighted by Crippen LogP contribution is 2.13. The van der Waals surface area contributed by atoms with Crippen LogP contribution in [0.2, 0.25) is 0 Å². The smallest absolute Gasteiger partial charge is 0.271 e. The normalized spacial score (nSPS) is 13.2. The number of hydrogen-bond donors (Lipinski definition) is 1. The van der Waals surface area contributed by atoms with E-state index in [1.165, 1.54) is 22.2 Å². The quantitative estimate of drug-likeness (QED) is 0.822. The van der Waals surface area contributed by atoms with Crippen LogP contribution >= 0.6 is 22.9 Å². The lowest BCUT2D eigenvalue weighted by Gasteiger charge is -2.08. The summed E-state index contributed by atoms with van der Waals surface area (Å²) in [4.78, 5) is 15.9. The van der Waals surface area contributed by atoms with Crippen LogP contribution in [0.4, 0.5) is 0 Å². The fraction of sp³-hybridized carbons (Fsp3) is 0.333. The molecule has 2 aromatic rings. The summed E-state index contributed by atoms with van der Waals surface area (Å²) in [6.45, 7) is 0.184. The van der Waals surface area contributed by atoms with Crippen molar-refractivity contribution >= 4 is 33.2 Å². The van der Waals surface area contributed by atoms with Crippen molar-refractivity contribution in [3.63, 3.8) is 0 Å². The molecule has 0 radical (unpaired) electrons. The summed E-state index contributed by atoms with van der Waals surface area (Å²) in [5.41, 5.74) is 0.570. The lowest BCUT2D eigenvalue weighted by Crippen LogP contribution is -2.27. The largest absolute Gasteiger partial charge is 0.390 e. The van der Waals surface area contributed by atoms with E-state index < -0.39 is 6.10 Å². The Labute approximate surface area is 94.8 Å². The van der Waals surface area contributed by atoms with Crippen molar-refractivity contribution in [3.8, 4) is 0 Å². The molecule has 0 bridgehead atoms. The van der Waals surface area contributed by atoms with E-state index in [2.05, 4.69) is 4.98 Å². The van der Waals surface area contributed by atoms with Crippen LogP contribution in [0.1, 0.15) is 0 Å². The van der Waals surface area contributed by atoms with Crippen molar-refractivity contribution in [3.05, 3.63) is 28.1 Å². The van der Waals surface area contributed by atoms with Crippen LogP contribution in [0.5, 0.6) is 0 Å². The first-order chi connectivity index (χ1) is 7.22. The van der Waals surface area contributed by atoms with Gasteiger partial charge in [-0.1, -0.05) is 0 Å². The van der Waals surface area contributed by atoms with Crippen molar-refractivity contribution in [1.29, 1.82) is 0 Å². The molecule has 0 aliphatic carbocycles. The second kappa shape index (κ2) is 4.30. The standard InChI is InChI=1S/C9H9ClN2O2S/c10-3-6(13)4-12-5-11-7-1-2-15-8(7)9(12)14/h1-2,5-6,13H,3-4H2. The van der Waals surface area contributed by atoms with Crippen LogP contribution in [-0.4, -0.2) is 26.6 Å². The molecule has 1 unspecified atom stereocenters. The van der Waals surface area contributed by atoms with Gasteiger partial charge in [-0.3, -0.25) is 9.36 Å². The topological polar surface area (TPSA) is 55.1 Å². The number of rotatable bonds is 3. The maximum atomic E-state index is 11.8. The molecule has 80 valence electrons. The summed E-state index contributed by atoms with van der Waals surface area (Å²) >= 11 is 6.82. The summed E-state index contributed by atoms with van der Waals surface area (Å²) in [6.07, 6.45) is 0.719. The minimum Gasteiger partial charge on any atom is -0.390 e. The fourth-order valence-corrected chi connectivity index (χ4v) is 2.18. The van der Waals surface area contributed by atoms with Gasteiger partial charge in [0.15, 0.2) is 0 Å². The number of nitrogens with zero attached hydrogens (tertiary/aromatic N) is 2. The zero-order chi connectivity index (χ0) is 10.8. The van der Waals surface area contributed by atoms with Crippen molar-refractivity contribution < 1.29 is 5.11 Å². The van der Waals surface area contributed by atoms with E-state index in [4.69, 9.17) is 11.6 Å². The molecule has 0 saturated heterocycles. The third-order valence-corrected chi connectivity index (χ3v) is 3.27. The van der Waals surface area contributed by atoms with Crippen LogP contribution in [0.3, 0.4) is 0 Å². The van der Waals surface area contributed by atoms with Gasteiger partial charge in [-0.05, 0) is 11.4 Å². The van der Waals surface area contributed by atoms with E-state index >= 15 is 0 Å². The highest BCUT2D eigenvalue weighted by Gasteiger charge is 2.08. The van der Waals surface area contributed by atoms with Crippen LogP contribution < -0.4 is 5.56 Å². The zero-order valence-corrected chi connectivity index (χ0v) is 9.33. The Balaban J connectivity index is 2.44. The Morgan fingerprint density at radius 2 is 2.47 bits per heavy atom. The Bertz CT molecular complexity index is 522. The van der Waals surface area contributed by atoms with Crippen LogP contribution in [0.15, 0.2) is 22.6 Å². The molecular weight excluding hydrogens is 236 g/mol. The Hall–Kier alpha value is -0.910. The van der Waals surface area contributed by atoms with E-state index in [0.29, 0.717) is 10.2 Å². The van der Waals surface area contributed by atoms with Crippen LogP contribution in [0, 0.1) is 0 Å². The number of hydrogen-bond acceptors (Lipinski definition) is 4. The summed E-state index contributed by atoms with van der Waals surface area (Å²) in [5.74, 6) is 0.106. The van der Waals surface area contributed by atoms with E-state index in [1.807, 2.05) is 5.38 Å². The van der Waals surface area contributed by atoms with Gasteiger partial charge in [0.25, 0.3) is 5.56 Å². The summed E-state index contributed by atoms with van der Waals surface area (Å²) in [6, 6.07) is 1.80. The number of thiophene rings is 1. The molecule has 4 nitrogen and oxygen atoms in total. The number of halogens is 1. The molecule has 0 saturated carbocycles. The van der Waals surface area contributed by atoms with Gasteiger partial charge in [0.1, 0.15) is 4.70 Å². The van der Waals surface area contributed by atoms with Crippen molar-refractivity contribution in [2.75, 3.05) is 5.88 Å². The minimum absolute atomic E-state index is 0.106. The van der Waals surface area contributed by atoms with Gasteiger partial charge in [-0.2, -0.15) is 0 Å². The predicted molar refractivity (Wildman–Crippen MR) is 60.6 cm³/mol. The molecule has 2 aromatic heterocycles. The number of aliphatic hydroxyl groups is 1. The van der Waals surface area contributed by atoms with Crippen LogP contribution in [-0.2, 0) is 6.54 Å². The molecule has 0 spiro atoms. The zero-order valence-electron chi connectivity index (χ0n) is 7.76. The molecule has 0 aliphatic rings. The fourth-order valence-electron chi connectivity index (χ4n) is 1.28. The summed E-state index contributed by atoms with van der Waals surface area (Å²) in [5, 5.41) is 11.2. The van der Waals surface area contributed by atoms with Crippen molar-refractivity contribution in [2.24, 2.45) is 0 Å². The third kappa shape index (κ3) is 2.04. The summed E-state index contributed by atoms with van der Waals surface area (Å²) < 4.78 is 1.99. The van der Waals surface area contributed by atoms with Gasteiger partial charge in [0.2, 0.25) is 0 Å². The lowest BCUT2D eigenvalue weighted by atomic mass is 10.4. The first kappa shape index (κ1) is 10.6. The molecule has 0 aromatic carbocycles. The van der Waals surface area contributed by atoms with E-state index in [0.717, 1.165) is 0 Å². The monoisotopic (exact) mass is 244 g/mol. The molecule has 1 N–H and O–H groups in total. The van der Waals surface area contributed by atoms with Crippen molar-refractivity contribution in [2.45, 2.75) is 12.6 Å². The highest BCUT2D eigenvalue weighted by atomic mass is 35.5. The Kier molecular flexibility index (Phi) is 3.04. The second-order valence-electron chi connectivity index (χ2n) is 3.15. The first-order valence-corrected chi connectivity index (χ1v) is 5.80. The number of aliphatic hydroxyl groups excluding tert-OH is 1. The first-order valence-electron chi connectivity index (χ1n) is 4.39. The number of fused-ring (bicyclic) bond motifs is 1. The molecule has 15 heavy (non-hydrogen) atoms. The molecule has 0 fully saturated rings. The average molecular weight is 245 g/mol. The Morgan fingerprint density at radius 1 is 1.67 bits per heavy atom. The van der Waals surface area contributed by atoms with Crippen molar-refractivity contribution in [1.82, 2.24) is 9.55 Å². The van der Waals surface area contributed by atoms with E-state index in [1.54, 1.807) is 6.07 Å². The van der Waals surface area contributed by atoms with E-state index in [9.17, 15) is 9.90 Å². The number of alkyl halides is 1. The third-order valence-electron chi connectivity index (χ3n) is 2.02. The van der Waals surface area contributed by atoms with Gasteiger partial charge in [0, 0.05) is 0 Å². The summed E-state index contributed by atoms with van der Waals surface area (Å²) in [7, 11) is 0. The van der Waals surface area contributed by atoms with Gasteiger partial charge >= 0.3 is 0 Å². The second-order valence-corrected chi connectivity index (χ2v) is 4.37. The molecule has 1 atom stereocenters. The van der Waals surface area contributed by atoms with Crippen LogP contribution in [0.25, 0.3) is 10.2 Å². The van der Waals surface area contributed by atoms with Gasteiger partial charge in [0.05, 0.1) is 30.4 Å². The molecular formula is C9H9ClN2O2S. The molecule has 2 rings (SSSR count). The average Bonchev–Trinajstić information content (AvgIpc) is 2.70. The molecule has 0 amide bonds. The highest BCUT2D eigenvalue weighted by molar-refractivity contribution is 7.17. The molecule has 6 heteroatoms. The minimum atomic E-state index is -0.719. The van der Waals surface area contributed by atoms with Gasteiger partial charge in [-0.25, -0.2) is 4.98 Å². The Morgan fingerprint density at radius 3 is 3.20 bits per heavy atom.